The van der Waals surface area contributed by atoms with Gasteiger partial charge in [0.2, 0.25) is 0 Å². The topological polar surface area (TPSA) is 103 Å². The maximum atomic E-state index is 9.55. The largest absolute Gasteiger partial charge is 0.490 e. The second-order valence-electron chi connectivity index (χ2n) is 7.37. The van der Waals surface area contributed by atoms with E-state index >= 15 is 0 Å². The van der Waals surface area contributed by atoms with Crippen molar-refractivity contribution in [2.75, 3.05) is 31.6 Å². The second-order valence-corrected chi connectivity index (χ2v) is 7.37. The summed E-state index contributed by atoms with van der Waals surface area (Å²) in [5, 5.41) is 15.6. The Morgan fingerprint density at radius 1 is 1.09 bits per heavy atom. The zero-order chi connectivity index (χ0) is 23.3. The molecule has 1 aromatic heterocycles. The van der Waals surface area contributed by atoms with Crippen LogP contribution in [0.5, 0.6) is 5.75 Å². The number of likely N-dealkylation sites (tertiary alicyclic amines) is 1. The molecular weight excluding hydrogens is 410 g/mol. The van der Waals surface area contributed by atoms with Crippen molar-refractivity contribution in [2.24, 2.45) is 0 Å². The van der Waals surface area contributed by atoms with Crippen molar-refractivity contribution in [1.82, 2.24) is 9.88 Å². The number of aliphatic carboxylic acids is 2. The quantitative estimate of drug-likeness (QED) is 0.602. The van der Waals surface area contributed by atoms with Crippen molar-refractivity contribution >= 4 is 17.8 Å². The Bertz CT molecular complexity index is 864. The number of carbonyl (C=O) groups is 2. The molecule has 1 saturated heterocycles. The summed E-state index contributed by atoms with van der Waals surface area (Å²) in [4.78, 5) is 28.5. The van der Waals surface area contributed by atoms with E-state index in [9.17, 15) is 9.59 Å². The number of carboxylic acids is 2. The number of anilines is 1. The van der Waals surface area contributed by atoms with Crippen molar-refractivity contribution in [3.8, 4) is 5.75 Å². The highest BCUT2D eigenvalue weighted by atomic mass is 16.5. The van der Waals surface area contributed by atoms with Crippen LogP contribution in [0.2, 0.25) is 0 Å². The molecule has 0 spiro atoms. The number of carboxylic acid groups (broad SMARTS) is 2. The molecular formula is C24H31N3O5. The average Bonchev–Trinajstić information content (AvgIpc) is 2.79. The number of piperidine rings is 1. The van der Waals surface area contributed by atoms with E-state index in [0.29, 0.717) is 24.8 Å². The standard InChI is InChI=1S/C20H27N3O.C4H4O4/c1-3-24-19-10-7-13-21-20(19)22(2)18-11-14-23(15-12-18)16-17-8-5-4-6-9-17;5-3(6)1-2-4(7)8/h4-10,13,18H,3,11-12,14-16H2,1-2H3;1-2H,(H,5,6)(H,7,8)/b;2-1-. The molecule has 1 aliphatic heterocycles. The summed E-state index contributed by atoms with van der Waals surface area (Å²) < 4.78 is 5.73. The molecule has 0 unspecified atom stereocenters. The van der Waals surface area contributed by atoms with Crippen molar-refractivity contribution in [2.45, 2.75) is 32.4 Å². The highest BCUT2D eigenvalue weighted by Gasteiger charge is 2.24. The predicted octanol–water partition coefficient (Wildman–Crippen LogP) is 3.29. The van der Waals surface area contributed by atoms with Gasteiger partial charge in [0.1, 0.15) is 0 Å². The fourth-order valence-electron chi connectivity index (χ4n) is 3.54. The highest BCUT2D eigenvalue weighted by Crippen LogP contribution is 2.29. The lowest BCUT2D eigenvalue weighted by Gasteiger charge is -2.37. The van der Waals surface area contributed by atoms with Crippen LogP contribution in [0.15, 0.2) is 60.8 Å². The van der Waals surface area contributed by atoms with Gasteiger partial charge in [0.05, 0.1) is 6.61 Å². The van der Waals surface area contributed by atoms with Gasteiger partial charge in [-0.2, -0.15) is 0 Å². The Hall–Kier alpha value is -3.39. The fourth-order valence-corrected chi connectivity index (χ4v) is 3.54. The van der Waals surface area contributed by atoms with Gasteiger partial charge in [0, 0.05) is 51.1 Å². The minimum atomic E-state index is -1.26. The zero-order valence-corrected chi connectivity index (χ0v) is 18.6. The third-order valence-electron chi connectivity index (χ3n) is 5.11. The van der Waals surface area contributed by atoms with E-state index in [2.05, 4.69) is 52.2 Å². The summed E-state index contributed by atoms with van der Waals surface area (Å²) >= 11 is 0. The number of nitrogens with zero attached hydrogens (tertiary/aromatic N) is 3. The first-order valence-electron chi connectivity index (χ1n) is 10.6. The molecule has 32 heavy (non-hydrogen) atoms. The molecule has 0 aliphatic carbocycles. The molecule has 1 aliphatic rings. The van der Waals surface area contributed by atoms with Gasteiger partial charge in [-0.1, -0.05) is 30.3 Å². The van der Waals surface area contributed by atoms with Crippen LogP contribution in [-0.4, -0.2) is 64.8 Å². The summed E-state index contributed by atoms with van der Waals surface area (Å²) in [6.07, 6.45) is 5.28. The van der Waals surface area contributed by atoms with Crippen LogP contribution < -0.4 is 9.64 Å². The fraction of sp³-hybridized carbons (Fsp3) is 0.375. The summed E-state index contributed by atoms with van der Waals surface area (Å²) in [5.74, 6) is -0.671. The van der Waals surface area contributed by atoms with Crippen molar-refractivity contribution in [1.29, 1.82) is 0 Å². The molecule has 1 fully saturated rings. The Morgan fingerprint density at radius 3 is 2.28 bits per heavy atom. The average molecular weight is 442 g/mol. The van der Waals surface area contributed by atoms with Gasteiger partial charge < -0.3 is 19.8 Å². The summed E-state index contributed by atoms with van der Waals surface area (Å²) in [6.45, 7) is 5.98. The lowest BCUT2D eigenvalue weighted by atomic mass is 10.0. The van der Waals surface area contributed by atoms with E-state index in [0.717, 1.165) is 44.0 Å². The number of aromatic nitrogens is 1. The molecule has 0 bridgehead atoms. The van der Waals surface area contributed by atoms with Crippen molar-refractivity contribution in [3.05, 3.63) is 66.4 Å². The molecule has 2 N–H and O–H groups in total. The maximum absolute atomic E-state index is 9.55. The van der Waals surface area contributed by atoms with Crippen molar-refractivity contribution < 1.29 is 24.5 Å². The van der Waals surface area contributed by atoms with Gasteiger partial charge in [0.25, 0.3) is 0 Å². The van der Waals surface area contributed by atoms with Crippen LogP contribution in [0.1, 0.15) is 25.3 Å². The van der Waals surface area contributed by atoms with Crippen molar-refractivity contribution in [3.63, 3.8) is 0 Å². The van der Waals surface area contributed by atoms with Gasteiger partial charge in [-0.3, -0.25) is 4.90 Å². The number of rotatable bonds is 8. The minimum absolute atomic E-state index is 0.520. The Morgan fingerprint density at radius 2 is 1.72 bits per heavy atom. The van der Waals surface area contributed by atoms with E-state index < -0.39 is 11.9 Å². The molecule has 2 heterocycles. The van der Waals surface area contributed by atoms with Gasteiger partial charge >= 0.3 is 11.9 Å². The molecule has 0 radical (unpaired) electrons. The first-order chi connectivity index (χ1) is 15.4. The molecule has 8 nitrogen and oxygen atoms in total. The van der Waals surface area contributed by atoms with Crippen LogP contribution >= 0.6 is 0 Å². The second kappa shape index (κ2) is 13.1. The van der Waals surface area contributed by atoms with Crippen LogP contribution in [-0.2, 0) is 16.1 Å². The molecule has 0 saturated carbocycles. The monoisotopic (exact) mass is 441 g/mol. The lowest BCUT2D eigenvalue weighted by Crippen LogP contribution is -2.43. The smallest absolute Gasteiger partial charge is 0.328 e. The number of hydrogen-bond donors (Lipinski definition) is 2. The maximum Gasteiger partial charge on any atom is 0.328 e. The molecule has 2 aromatic rings. The molecule has 0 amide bonds. The van der Waals surface area contributed by atoms with E-state index in [4.69, 9.17) is 14.9 Å². The number of benzene rings is 1. The molecule has 3 rings (SSSR count). The lowest BCUT2D eigenvalue weighted by molar-refractivity contribution is -0.134. The Balaban J connectivity index is 0.000000390. The van der Waals surface area contributed by atoms with Gasteiger partial charge in [0.15, 0.2) is 11.6 Å². The van der Waals surface area contributed by atoms with E-state index in [1.807, 2.05) is 25.3 Å². The van der Waals surface area contributed by atoms with E-state index in [1.165, 1.54) is 5.56 Å². The third-order valence-corrected chi connectivity index (χ3v) is 5.11. The summed E-state index contributed by atoms with van der Waals surface area (Å²) in [7, 11) is 2.14. The number of pyridine rings is 1. The Kier molecular flexibility index (Phi) is 10.2. The first-order valence-corrected chi connectivity index (χ1v) is 10.6. The molecule has 1 aromatic carbocycles. The van der Waals surface area contributed by atoms with Crippen LogP contribution in [0, 0.1) is 0 Å². The molecule has 172 valence electrons. The minimum Gasteiger partial charge on any atom is -0.490 e. The first kappa shape index (κ1) is 24.9. The number of ether oxygens (including phenoxy) is 1. The highest BCUT2D eigenvalue weighted by molar-refractivity contribution is 5.89. The number of hydrogen-bond acceptors (Lipinski definition) is 6. The van der Waals surface area contributed by atoms with E-state index in [1.54, 1.807) is 0 Å². The van der Waals surface area contributed by atoms with Gasteiger partial charge in [-0.05, 0) is 37.5 Å². The van der Waals surface area contributed by atoms with Crippen LogP contribution in [0.4, 0.5) is 5.82 Å². The molecule has 0 atom stereocenters. The summed E-state index contributed by atoms with van der Waals surface area (Å²) in [5.41, 5.74) is 1.40. The van der Waals surface area contributed by atoms with E-state index in [-0.39, 0.29) is 0 Å². The third kappa shape index (κ3) is 8.39. The predicted molar refractivity (Wildman–Crippen MR) is 123 cm³/mol. The van der Waals surface area contributed by atoms with Gasteiger partial charge in [-0.15, -0.1) is 0 Å². The van der Waals surface area contributed by atoms with Gasteiger partial charge in [-0.25, -0.2) is 14.6 Å². The summed E-state index contributed by atoms with van der Waals surface area (Å²) in [6, 6.07) is 15.2. The van der Waals surface area contributed by atoms with Crippen LogP contribution in [0.3, 0.4) is 0 Å². The molecule has 8 heteroatoms. The normalized spacial score (nSPS) is 14.4. The van der Waals surface area contributed by atoms with Crippen LogP contribution in [0.25, 0.3) is 0 Å². The Labute approximate surface area is 188 Å². The SMILES string of the molecule is CCOc1cccnc1N(C)C1CCN(Cc2ccccc2)CC1.O=C(O)/C=C\C(=O)O. The zero-order valence-electron chi connectivity index (χ0n) is 18.6.